The van der Waals surface area contributed by atoms with Crippen LogP contribution in [-0.2, 0) is 6.54 Å². The third kappa shape index (κ3) is 2.63. The predicted octanol–water partition coefficient (Wildman–Crippen LogP) is 2.80. The van der Waals surface area contributed by atoms with E-state index in [1.165, 1.54) is 24.1 Å². The molecule has 0 aromatic carbocycles. The van der Waals surface area contributed by atoms with E-state index in [9.17, 15) is 0 Å². The highest BCUT2D eigenvalue weighted by Gasteiger charge is 2.26. The minimum atomic E-state index is 0.360. The molecule has 6 nitrogen and oxygen atoms in total. The van der Waals surface area contributed by atoms with Gasteiger partial charge in [-0.1, -0.05) is 6.42 Å². The summed E-state index contributed by atoms with van der Waals surface area (Å²) in [5.41, 5.74) is 4.76. The predicted molar refractivity (Wildman–Crippen MR) is 88.1 cm³/mol. The highest BCUT2D eigenvalue weighted by atomic mass is 15.2. The first kappa shape index (κ1) is 14.4. The van der Waals surface area contributed by atoms with E-state index in [0.717, 1.165) is 36.7 Å². The second kappa shape index (κ2) is 5.77. The smallest absolute Gasteiger partial charge is 0.234 e. The van der Waals surface area contributed by atoms with Gasteiger partial charge in [0.2, 0.25) is 5.78 Å². The third-order valence-corrected chi connectivity index (χ3v) is 4.85. The molecule has 1 atom stereocenters. The molecular formula is C17H22N6. The Morgan fingerprint density at radius 3 is 3.04 bits per heavy atom. The van der Waals surface area contributed by atoms with E-state index in [1.807, 2.05) is 23.0 Å². The normalized spacial score (nSPS) is 19.5. The highest BCUT2D eigenvalue weighted by molar-refractivity contribution is 5.33. The first-order valence-electron chi connectivity index (χ1n) is 8.26. The van der Waals surface area contributed by atoms with Crippen LogP contribution in [0, 0.1) is 13.8 Å². The Balaban J connectivity index is 1.67. The lowest BCUT2D eigenvalue weighted by Crippen LogP contribution is -2.33. The molecule has 0 bridgehead atoms. The molecule has 3 aromatic heterocycles. The van der Waals surface area contributed by atoms with Crippen LogP contribution in [-0.4, -0.2) is 36.0 Å². The van der Waals surface area contributed by atoms with E-state index in [0.29, 0.717) is 6.04 Å². The highest BCUT2D eigenvalue weighted by Crippen LogP contribution is 2.32. The van der Waals surface area contributed by atoms with Crippen LogP contribution in [0.1, 0.15) is 47.9 Å². The molecule has 0 saturated carbocycles. The van der Waals surface area contributed by atoms with E-state index >= 15 is 0 Å². The second-order valence-electron chi connectivity index (χ2n) is 6.42. The van der Waals surface area contributed by atoms with Crippen LogP contribution in [0.3, 0.4) is 0 Å². The van der Waals surface area contributed by atoms with Gasteiger partial charge >= 0.3 is 0 Å². The molecule has 4 rings (SSSR count). The van der Waals surface area contributed by atoms with Gasteiger partial charge < -0.3 is 0 Å². The second-order valence-corrected chi connectivity index (χ2v) is 6.42. The number of aromatic nitrogens is 5. The maximum Gasteiger partial charge on any atom is 0.234 e. The van der Waals surface area contributed by atoms with Crippen molar-refractivity contribution in [3.8, 4) is 0 Å². The van der Waals surface area contributed by atoms with Gasteiger partial charge in [-0.05, 0) is 39.3 Å². The summed E-state index contributed by atoms with van der Waals surface area (Å²) in [5, 5.41) is 7.19. The Morgan fingerprint density at radius 2 is 2.22 bits per heavy atom. The Labute approximate surface area is 135 Å². The van der Waals surface area contributed by atoms with Crippen molar-refractivity contribution >= 4 is 5.78 Å². The zero-order valence-corrected chi connectivity index (χ0v) is 13.7. The molecule has 0 spiro atoms. The standard InChI is InChI=1S/C17H22N6/c1-12-9-15(20-17-18-6-8-23(12)17)16-5-3-4-7-22(16)11-14-10-19-21-13(14)2/h6,8-10,16H,3-5,7,11H2,1-2H3,(H,19,21). The van der Waals surface area contributed by atoms with Crippen molar-refractivity contribution in [1.29, 1.82) is 0 Å². The molecule has 1 aliphatic heterocycles. The van der Waals surface area contributed by atoms with Crippen molar-refractivity contribution in [1.82, 2.24) is 29.5 Å². The number of piperidine rings is 1. The van der Waals surface area contributed by atoms with E-state index in [4.69, 9.17) is 4.98 Å². The lowest BCUT2D eigenvalue weighted by molar-refractivity contribution is 0.137. The summed E-state index contributed by atoms with van der Waals surface area (Å²) in [5.74, 6) is 0.796. The fourth-order valence-corrected chi connectivity index (χ4v) is 3.52. The summed E-state index contributed by atoms with van der Waals surface area (Å²) in [7, 11) is 0. The minimum Gasteiger partial charge on any atom is -0.290 e. The van der Waals surface area contributed by atoms with Gasteiger partial charge in [-0.15, -0.1) is 0 Å². The summed E-state index contributed by atoms with van der Waals surface area (Å²) in [6.07, 6.45) is 9.38. The number of nitrogens with one attached hydrogen (secondary N) is 1. The average Bonchev–Trinajstić information content (AvgIpc) is 3.18. The van der Waals surface area contributed by atoms with Gasteiger partial charge in [0.15, 0.2) is 0 Å². The molecule has 4 heterocycles. The Kier molecular flexibility index (Phi) is 3.61. The maximum atomic E-state index is 4.81. The number of aromatic amines is 1. The summed E-state index contributed by atoms with van der Waals surface area (Å²) >= 11 is 0. The fourth-order valence-electron chi connectivity index (χ4n) is 3.52. The van der Waals surface area contributed by atoms with Gasteiger partial charge in [0.1, 0.15) is 0 Å². The first-order chi connectivity index (χ1) is 11.2. The van der Waals surface area contributed by atoms with Crippen molar-refractivity contribution in [3.63, 3.8) is 0 Å². The van der Waals surface area contributed by atoms with Crippen molar-refractivity contribution in [2.75, 3.05) is 6.54 Å². The number of hydrogen-bond donors (Lipinski definition) is 1. The van der Waals surface area contributed by atoms with Gasteiger partial charge in [-0.2, -0.15) is 5.10 Å². The lowest BCUT2D eigenvalue weighted by atomic mass is 9.98. The van der Waals surface area contributed by atoms with Crippen molar-refractivity contribution in [2.45, 2.75) is 45.7 Å². The topological polar surface area (TPSA) is 62.1 Å². The molecule has 1 aliphatic rings. The van der Waals surface area contributed by atoms with Gasteiger partial charge in [0, 0.05) is 35.9 Å². The number of H-pyrrole nitrogens is 1. The van der Waals surface area contributed by atoms with Crippen molar-refractivity contribution in [3.05, 3.63) is 47.3 Å². The van der Waals surface area contributed by atoms with E-state index in [2.05, 4.69) is 40.0 Å². The fraction of sp³-hybridized carbons (Fsp3) is 0.471. The van der Waals surface area contributed by atoms with Gasteiger partial charge in [-0.3, -0.25) is 14.4 Å². The van der Waals surface area contributed by atoms with Gasteiger partial charge in [0.05, 0.1) is 17.9 Å². The van der Waals surface area contributed by atoms with Gasteiger partial charge in [-0.25, -0.2) is 9.97 Å². The molecule has 0 radical (unpaired) electrons. The Bertz CT molecular complexity index is 817. The number of imidazole rings is 1. The van der Waals surface area contributed by atoms with Crippen LogP contribution < -0.4 is 0 Å². The maximum absolute atomic E-state index is 4.81. The third-order valence-electron chi connectivity index (χ3n) is 4.85. The minimum absolute atomic E-state index is 0.360. The number of hydrogen-bond acceptors (Lipinski definition) is 4. The largest absolute Gasteiger partial charge is 0.290 e. The Morgan fingerprint density at radius 1 is 1.30 bits per heavy atom. The number of aryl methyl sites for hydroxylation is 2. The number of nitrogens with zero attached hydrogens (tertiary/aromatic N) is 5. The molecule has 1 N–H and O–H groups in total. The van der Waals surface area contributed by atoms with Crippen LogP contribution in [0.15, 0.2) is 24.7 Å². The molecular weight excluding hydrogens is 288 g/mol. The van der Waals surface area contributed by atoms with Crippen LogP contribution in [0.2, 0.25) is 0 Å². The van der Waals surface area contributed by atoms with Crippen LogP contribution in [0.25, 0.3) is 5.78 Å². The molecule has 23 heavy (non-hydrogen) atoms. The van der Waals surface area contributed by atoms with Crippen LogP contribution in [0.5, 0.6) is 0 Å². The van der Waals surface area contributed by atoms with Crippen molar-refractivity contribution < 1.29 is 0 Å². The summed E-state index contributed by atoms with van der Waals surface area (Å²) < 4.78 is 2.04. The molecule has 1 saturated heterocycles. The average molecular weight is 310 g/mol. The number of fused-ring (bicyclic) bond motifs is 1. The van der Waals surface area contributed by atoms with E-state index in [-0.39, 0.29) is 0 Å². The van der Waals surface area contributed by atoms with Gasteiger partial charge in [0.25, 0.3) is 0 Å². The number of rotatable bonds is 3. The van der Waals surface area contributed by atoms with E-state index < -0.39 is 0 Å². The first-order valence-corrected chi connectivity index (χ1v) is 8.26. The quantitative estimate of drug-likeness (QED) is 0.808. The molecule has 3 aromatic rings. The zero-order chi connectivity index (χ0) is 15.8. The SMILES string of the molecule is Cc1[nH]ncc1CN1CCCCC1c1cc(C)n2ccnc2n1. The monoisotopic (exact) mass is 310 g/mol. The van der Waals surface area contributed by atoms with E-state index in [1.54, 1.807) is 0 Å². The van der Waals surface area contributed by atoms with Crippen LogP contribution >= 0.6 is 0 Å². The molecule has 1 unspecified atom stereocenters. The lowest BCUT2D eigenvalue weighted by Gasteiger charge is -2.35. The summed E-state index contributed by atoms with van der Waals surface area (Å²) in [4.78, 5) is 11.7. The summed E-state index contributed by atoms with van der Waals surface area (Å²) in [6.45, 7) is 6.23. The molecule has 6 heteroatoms. The zero-order valence-electron chi connectivity index (χ0n) is 13.7. The molecule has 1 fully saturated rings. The molecule has 0 aliphatic carbocycles. The summed E-state index contributed by atoms with van der Waals surface area (Å²) in [6, 6.07) is 2.57. The number of likely N-dealkylation sites (tertiary alicyclic amines) is 1. The molecule has 120 valence electrons. The van der Waals surface area contributed by atoms with Crippen molar-refractivity contribution in [2.24, 2.45) is 0 Å². The van der Waals surface area contributed by atoms with Crippen LogP contribution in [0.4, 0.5) is 0 Å². The molecule has 0 amide bonds. The Hall–Kier alpha value is -2.21.